The summed E-state index contributed by atoms with van der Waals surface area (Å²) in [6.07, 6.45) is 6.02. The molecule has 0 aromatic heterocycles. The summed E-state index contributed by atoms with van der Waals surface area (Å²) in [7, 11) is 0. The van der Waals surface area contributed by atoms with Crippen LogP contribution in [0.25, 0.3) is 0 Å². The molecule has 1 saturated heterocycles. The number of nitrogens with one attached hydrogen (secondary N) is 1. The van der Waals surface area contributed by atoms with Crippen molar-refractivity contribution in [2.24, 2.45) is 23.2 Å². The Bertz CT molecular complexity index is 798. The number of carbonyl (C=O) groups is 2. The first kappa shape index (κ1) is 20.1. The molecule has 6 fully saturated rings. The molecule has 7 nitrogen and oxygen atoms in total. The monoisotopic (exact) mass is 415 g/mol. The number of piperidine rings is 1. The molecule has 4 bridgehead atoms. The highest BCUT2D eigenvalue weighted by molar-refractivity contribution is 5.88. The minimum absolute atomic E-state index is 0.127. The third-order valence-electron chi connectivity index (χ3n) is 8.10. The van der Waals surface area contributed by atoms with Crippen molar-refractivity contribution < 1.29 is 19.4 Å². The van der Waals surface area contributed by atoms with Gasteiger partial charge in [-0.3, -0.25) is 4.79 Å². The lowest BCUT2D eigenvalue weighted by atomic mass is 9.46. The molecule has 7 heteroatoms. The topological polar surface area (TPSA) is 103 Å². The summed E-state index contributed by atoms with van der Waals surface area (Å²) in [5, 5.41) is 23.8. The highest BCUT2D eigenvalue weighted by atomic mass is 16.6. The Morgan fingerprint density at radius 2 is 1.83 bits per heavy atom. The minimum atomic E-state index is -0.750. The molecule has 3 unspecified atom stereocenters. The first-order valence-corrected chi connectivity index (χ1v) is 11.4. The van der Waals surface area contributed by atoms with Gasteiger partial charge in [-0.25, -0.2) is 4.79 Å². The maximum Gasteiger partial charge on any atom is 0.408 e. The Kier molecular flexibility index (Phi) is 4.26. The zero-order chi connectivity index (χ0) is 21.5. The van der Waals surface area contributed by atoms with Gasteiger partial charge < -0.3 is 20.1 Å². The van der Waals surface area contributed by atoms with Crippen LogP contribution in [0.4, 0.5) is 4.79 Å². The molecule has 0 spiro atoms. The number of carbonyl (C=O) groups excluding carboxylic acids is 2. The second-order valence-electron chi connectivity index (χ2n) is 11.8. The molecule has 5 saturated carbocycles. The van der Waals surface area contributed by atoms with Crippen molar-refractivity contribution in [3.05, 3.63) is 0 Å². The van der Waals surface area contributed by atoms with E-state index in [-0.39, 0.29) is 11.9 Å². The molecule has 0 aromatic rings. The van der Waals surface area contributed by atoms with Gasteiger partial charge in [0.2, 0.25) is 5.91 Å². The van der Waals surface area contributed by atoms with Crippen molar-refractivity contribution in [3.8, 4) is 6.07 Å². The molecule has 164 valence electrons. The van der Waals surface area contributed by atoms with Gasteiger partial charge in [-0.05, 0) is 89.9 Å². The number of likely N-dealkylation sites (tertiary alicyclic amines) is 1. The fourth-order valence-corrected chi connectivity index (χ4v) is 7.56. The predicted molar refractivity (Wildman–Crippen MR) is 108 cm³/mol. The summed E-state index contributed by atoms with van der Waals surface area (Å²) in [6, 6.07) is 1.26. The van der Waals surface area contributed by atoms with Crippen LogP contribution in [-0.2, 0) is 9.53 Å². The number of nitrogens with zero attached hydrogens (tertiary/aromatic N) is 2. The third kappa shape index (κ3) is 3.28. The zero-order valence-electron chi connectivity index (χ0n) is 18.2. The molecule has 6 aliphatic rings. The molecule has 1 aliphatic heterocycles. The summed E-state index contributed by atoms with van der Waals surface area (Å²) in [5.41, 5.74) is -1.86. The number of fused-ring (bicyclic) bond motifs is 1. The molecule has 8 atom stereocenters. The van der Waals surface area contributed by atoms with Gasteiger partial charge in [0.1, 0.15) is 17.7 Å². The lowest BCUT2D eigenvalue weighted by Gasteiger charge is -2.62. The van der Waals surface area contributed by atoms with Crippen LogP contribution in [0.3, 0.4) is 0 Å². The summed E-state index contributed by atoms with van der Waals surface area (Å²) < 4.78 is 5.51. The van der Waals surface area contributed by atoms with Gasteiger partial charge in [0, 0.05) is 11.5 Å². The molecule has 0 radical (unpaired) electrons. The van der Waals surface area contributed by atoms with Crippen LogP contribution < -0.4 is 5.32 Å². The van der Waals surface area contributed by atoms with E-state index >= 15 is 0 Å². The Labute approximate surface area is 178 Å². The number of ether oxygens (including phenoxy) is 1. The SMILES string of the molecule is CC(C)(C)OC(=O)N[C@H](C(=O)N1[C@H](C#N)C[C@@H]2C[C@@H]21)C12CC3C[C@H](CC(O)(C3)C1)C2. The summed E-state index contributed by atoms with van der Waals surface area (Å²) in [5.74, 6) is 1.06. The molecule has 0 aromatic carbocycles. The largest absolute Gasteiger partial charge is 0.444 e. The second kappa shape index (κ2) is 6.35. The van der Waals surface area contributed by atoms with Crippen LogP contribution in [0, 0.1) is 34.5 Å². The number of hydrogen-bond donors (Lipinski definition) is 2. The van der Waals surface area contributed by atoms with Crippen LogP contribution in [0.2, 0.25) is 0 Å². The van der Waals surface area contributed by atoms with Crippen LogP contribution in [0.5, 0.6) is 0 Å². The first-order chi connectivity index (χ1) is 14.0. The van der Waals surface area contributed by atoms with E-state index in [4.69, 9.17) is 4.74 Å². The molecular formula is C23H33N3O4. The van der Waals surface area contributed by atoms with E-state index in [0.717, 1.165) is 44.9 Å². The second-order valence-corrected chi connectivity index (χ2v) is 11.8. The number of amides is 2. The van der Waals surface area contributed by atoms with E-state index in [0.29, 0.717) is 24.2 Å². The number of aliphatic hydroxyl groups is 1. The standard InChI is InChI=1S/C23H33N3O4/c1-21(2,3)30-20(28)25-18(19(27)26-16(11-24)5-15-6-17(15)26)22-7-13-4-14(8-22)10-23(29,9-13)12-22/h13-18,29H,4-10,12H2,1-3H3,(H,25,28)/t13-,14?,15+,16-,17-,18+,22?,23?/m0/s1. The van der Waals surface area contributed by atoms with Gasteiger partial charge in [-0.1, -0.05) is 0 Å². The van der Waals surface area contributed by atoms with Crippen LogP contribution in [0.1, 0.15) is 72.1 Å². The van der Waals surface area contributed by atoms with Gasteiger partial charge in [0.25, 0.3) is 0 Å². The van der Waals surface area contributed by atoms with Gasteiger partial charge >= 0.3 is 6.09 Å². The van der Waals surface area contributed by atoms with Crippen molar-refractivity contribution in [2.75, 3.05) is 0 Å². The van der Waals surface area contributed by atoms with Crippen molar-refractivity contribution in [1.82, 2.24) is 10.2 Å². The van der Waals surface area contributed by atoms with E-state index in [1.54, 1.807) is 25.7 Å². The van der Waals surface area contributed by atoms with E-state index in [1.165, 1.54) is 0 Å². The van der Waals surface area contributed by atoms with Gasteiger partial charge in [0.05, 0.1) is 11.7 Å². The first-order valence-electron chi connectivity index (χ1n) is 11.4. The number of rotatable bonds is 3. The van der Waals surface area contributed by atoms with E-state index in [2.05, 4.69) is 11.4 Å². The number of hydrogen-bond acceptors (Lipinski definition) is 5. The number of alkyl carbamates (subject to hydrolysis) is 1. The highest BCUT2D eigenvalue weighted by Gasteiger charge is 2.64. The van der Waals surface area contributed by atoms with E-state index in [1.807, 2.05) is 0 Å². The molecule has 6 rings (SSSR count). The Balaban J connectivity index is 1.47. The third-order valence-corrected chi connectivity index (χ3v) is 8.10. The van der Waals surface area contributed by atoms with E-state index < -0.39 is 34.8 Å². The fraction of sp³-hybridized carbons (Fsp3) is 0.870. The van der Waals surface area contributed by atoms with Crippen LogP contribution >= 0.6 is 0 Å². The molecule has 1 heterocycles. The Morgan fingerprint density at radius 1 is 1.17 bits per heavy atom. The zero-order valence-corrected chi connectivity index (χ0v) is 18.2. The summed E-state index contributed by atoms with van der Waals surface area (Å²) >= 11 is 0. The van der Waals surface area contributed by atoms with E-state index in [9.17, 15) is 20.0 Å². The van der Waals surface area contributed by atoms with Crippen LogP contribution in [-0.4, -0.2) is 51.3 Å². The van der Waals surface area contributed by atoms with Crippen molar-refractivity contribution in [2.45, 2.75) is 101 Å². The van der Waals surface area contributed by atoms with Crippen molar-refractivity contribution >= 4 is 12.0 Å². The Hall–Kier alpha value is -1.81. The lowest BCUT2D eigenvalue weighted by molar-refractivity contribution is -0.180. The predicted octanol–water partition coefficient (Wildman–Crippen LogP) is 2.72. The smallest absolute Gasteiger partial charge is 0.408 e. The van der Waals surface area contributed by atoms with Crippen molar-refractivity contribution in [3.63, 3.8) is 0 Å². The lowest BCUT2D eigenvalue weighted by Crippen LogP contribution is -2.66. The molecule has 2 amide bonds. The summed E-state index contributed by atoms with van der Waals surface area (Å²) in [6.45, 7) is 5.41. The average Bonchev–Trinajstić information content (AvgIpc) is 3.25. The van der Waals surface area contributed by atoms with Gasteiger partial charge in [0.15, 0.2) is 0 Å². The Morgan fingerprint density at radius 3 is 2.40 bits per heavy atom. The van der Waals surface area contributed by atoms with Gasteiger partial charge in [-0.2, -0.15) is 5.26 Å². The fourth-order valence-electron chi connectivity index (χ4n) is 7.56. The molecule has 5 aliphatic carbocycles. The highest BCUT2D eigenvalue weighted by Crippen LogP contribution is 2.63. The van der Waals surface area contributed by atoms with Crippen LogP contribution in [0.15, 0.2) is 0 Å². The molecule has 30 heavy (non-hydrogen) atoms. The number of nitriles is 1. The maximum absolute atomic E-state index is 13.9. The maximum atomic E-state index is 13.9. The summed E-state index contributed by atoms with van der Waals surface area (Å²) in [4.78, 5) is 28.4. The average molecular weight is 416 g/mol. The normalized spacial score (nSPS) is 44.2. The van der Waals surface area contributed by atoms with Gasteiger partial charge in [-0.15, -0.1) is 0 Å². The van der Waals surface area contributed by atoms with Crippen molar-refractivity contribution in [1.29, 1.82) is 5.26 Å². The molecule has 2 N–H and O–H groups in total. The quantitative estimate of drug-likeness (QED) is 0.738. The molecular weight excluding hydrogens is 382 g/mol. The minimum Gasteiger partial charge on any atom is -0.444 e.